The van der Waals surface area contributed by atoms with Gasteiger partial charge in [-0.05, 0) is 31.9 Å². The van der Waals surface area contributed by atoms with Crippen LogP contribution in [0.4, 0.5) is 14.7 Å². The second kappa shape index (κ2) is 9.87. The number of rotatable bonds is 5. The number of aliphatic hydroxyl groups excluding tert-OH is 1. The molecule has 0 saturated carbocycles. The lowest BCUT2D eigenvalue weighted by atomic mass is 10.0. The molecular weight excluding hydrogens is 498 g/mol. The number of nitrogens with zero attached hydrogens (tertiary/aromatic N) is 8. The maximum Gasteiger partial charge on any atom is 0.296 e. The summed E-state index contributed by atoms with van der Waals surface area (Å²) >= 11 is 0. The predicted molar refractivity (Wildman–Crippen MR) is 134 cm³/mol. The molecule has 0 bridgehead atoms. The Morgan fingerprint density at radius 1 is 1.08 bits per heavy atom. The van der Waals surface area contributed by atoms with Crippen LogP contribution in [-0.4, -0.2) is 90.5 Å². The largest absolute Gasteiger partial charge is 0.384 e. The molecule has 2 fully saturated rings. The first-order valence-electron chi connectivity index (χ1n) is 12.7. The smallest absolute Gasteiger partial charge is 0.296 e. The molecule has 2 aliphatic rings. The summed E-state index contributed by atoms with van der Waals surface area (Å²) in [5.74, 6) is -0.0264. The molecule has 38 heavy (non-hydrogen) atoms. The molecule has 5 heterocycles. The van der Waals surface area contributed by atoms with Gasteiger partial charge in [0.1, 0.15) is 6.10 Å². The number of ether oxygens (including phenoxy) is 1. The Hall–Kier alpha value is -3.71. The van der Waals surface area contributed by atoms with Crippen molar-refractivity contribution in [1.29, 1.82) is 0 Å². The number of anilines is 1. The van der Waals surface area contributed by atoms with Crippen molar-refractivity contribution in [2.75, 3.05) is 44.3 Å². The van der Waals surface area contributed by atoms with Gasteiger partial charge in [-0.2, -0.15) is 9.97 Å². The van der Waals surface area contributed by atoms with Gasteiger partial charge < -0.3 is 24.2 Å². The fourth-order valence-electron chi connectivity index (χ4n) is 5.26. The van der Waals surface area contributed by atoms with Crippen molar-refractivity contribution in [2.24, 2.45) is 0 Å². The Labute approximate surface area is 216 Å². The molecular formula is C25H28F2N8O3. The molecule has 3 aromatic heterocycles. The van der Waals surface area contributed by atoms with Crippen LogP contribution in [0.1, 0.15) is 38.1 Å². The number of benzene rings is 1. The molecule has 13 heteroatoms. The van der Waals surface area contributed by atoms with E-state index in [9.17, 15) is 18.7 Å². The number of para-hydroxylation sites is 2. The molecule has 1 atom stereocenters. The van der Waals surface area contributed by atoms with Crippen molar-refractivity contribution in [3.63, 3.8) is 0 Å². The van der Waals surface area contributed by atoms with Gasteiger partial charge in [0.15, 0.2) is 22.8 Å². The highest BCUT2D eigenvalue weighted by Gasteiger charge is 2.30. The molecule has 4 aromatic rings. The van der Waals surface area contributed by atoms with Crippen LogP contribution < -0.4 is 4.90 Å². The average molecular weight is 527 g/mol. The average Bonchev–Trinajstić information content (AvgIpc) is 3.55. The first kappa shape index (κ1) is 24.6. The van der Waals surface area contributed by atoms with Gasteiger partial charge in [-0.25, -0.2) is 18.7 Å². The highest BCUT2D eigenvalue weighted by atomic mass is 19.3. The Morgan fingerprint density at radius 2 is 1.82 bits per heavy atom. The molecule has 2 saturated heterocycles. The Kier molecular flexibility index (Phi) is 6.40. The van der Waals surface area contributed by atoms with E-state index in [4.69, 9.17) is 14.7 Å². The number of alkyl halides is 2. The summed E-state index contributed by atoms with van der Waals surface area (Å²) in [6.07, 6.45) is -0.902. The number of carbonyl (C=O) groups excluding carboxylic acids is 1. The number of morpholine rings is 1. The lowest BCUT2D eigenvalue weighted by Crippen LogP contribution is -2.43. The summed E-state index contributed by atoms with van der Waals surface area (Å²) in [6, 6.07) is 6.96. The van der Waals surface area contributed by atoms with Gasteiger partial charge in [-0.1, -0.05) is 12.1 Å². The lowest BCUT2D eigenvalue weighted by molar-refractivity contribution is -0.140. The molecule has 11 nitrogen and oxygen atoms in total. The van der Waals surface area contributed by atoms with Crippen LogP contribution in [0.15, 0.2) is 30.6 Å². The number of hydrogen-bond donors (Lipinski definition) is 1. The van der Waals surface area contributed by atoms with Gasteiger partial charge in [0.2, 0.25) is 5.95 Å². The van der Waals surface area contributed by atoms with E-state index in [1.165, 1.54) is 11.5 Å². The highest BCUT2D eigenvalue weighted by Crippen LogP contribution is 2.33. The summed E-state index contributed by atoms with van der Waals surface area (Å²) < 4.78 is 37.3. The van der Waals surface area contributed by atoms with Crippen molar-refractivity contribution >= 4 is 34.1 Å². The molecule has 0 spiro atoms. The van der Waals surface area contributed by atoms with Gasteiger partial charge in [0.05, 0.1) is 30.6 Å². The van der Waals surface area contributed by atoms with Crippen LogP contribution in [-0.2, 0) is 9.53 Å². The van der Waals surface area contributed by atoms with E-state index >= 15 is 0 Å². The number of piperidine rings is 1. The quantitative estimate of drug-likeness (QED) is 0.422. The number of carbonyl (C=O) groups is 1. The van der Waals surface area contributed by atoms with E-state index in [1.807, 2.05) is 9.47 Å². The topological polar surface area (TPSA) is 114 Å². The molecule has 200 valence electrons. The second-order valence-corrected chi connectivity index (χ2v) is 9.60. The maximum atomic E-state index is 14.2. The number of amides is 1. The monoisotopic (exact) mass is 526 g/mol. The minimum atomic E-state index is -2.82. The van der Waals surface area contributed by atoms with Crippen molar-refractivity contribution < 1.29 is 23.4 Å². The standard InChI is InChI=1S/C25H28F2N8O3/c1-15(36)24(37)32-8-6-16(7-9-32)34-14-28-19-21(34)30-25(33-10-12-38-13-11-33)31-22(19)35-18-5-3-2-4-17(18)29-23(35)20(26)27/h2-5,14-16,20,36H,6-13H2,1H3/t15-/m1/s1. The SMILES string of the molecule is C[C@@H](O)C(=O)N1CCC(n2cnc3c(-n4c(C(F)F)nc5ccccc54)nc(N4CCOCC4)nc32)CC1. The molecule has 1 aromatic carbocycles. The number of likely N-dealkylation sites (tertiary alicyclic amines) is 1. The summed E-state index contributed by atoms with van der Waals surface area (Å²) in [6.45, 7) is 4.63. The summed E-state index contributed by atoms with van der Waals surface area (Å²) in [5, 5.41) is 9.68. The van der Waals surface area contributed by atoms with E-state index in [0.29, 0.717) is 80.4 Å². The summed E-state index contributed by atoms with van der Waals surface area (Å²) in [4.78, 5) is 34.3. The molecule has 0 aliphatic carbocycles. The van der Waals surface area contributed by atoms with Crippen LogP contribution in [0.5, 0.6) is 0 Å². The first-order chi connectivity index (χ1) is 18.4. The predicted octanol–water partition coefficient (Wildman–Crippen LogP) is 2.48. The summed E-state index contributed by atoms with van der Waals surface area (Å²) in [7, 11) is 0. The normalized spacial score (nSPS) is 18.1. The Balaban J connectivity index is 1.48. The molecule has 0 unspecified atom stereocenters. The van der Waals surface area contributed by atoms with Crippen molar-refractivity contribution in [3.8, 4) is 5.82 Å². The van der Waals surface area contributed by atoms with Gasteiger partial charge >= 0.3 is 0 Å². The third-order valence-corrected chi connectivity index (χ3v) is 7.21. The Morgan fingerprint density at radius 3 is 2.53 bits per heavy atom. The number of aliphatic hydroxyl groups is 1. The van der Waals surface area contributed by atoms with E-state index in [1.54, 1.807) is 35.5 Å². The van der Waals surface area contributed by atoms with Crippen LogP contribution in [0.25, 0.3) is 28.0 Å². The van der Waals surface area contributed by atoms with E-state index in [-0.39, 0.29) is 17.8 Å². The number of halogens is 2. The van der Waals surface area contributed by atoms with Crippen LogP contribution in [0, 0.1) is 0 Å². The molecule has 0 radical (unpaired) electrons. The molecule has 2 aliphatic heterocycles. The maximum absolute atomic E-state index is 14.2. The van der Waals surface area contributed by atoms with Crippen LogP contribution in [0.2, 0.25) is 0 Å². The van der Waals surface area contributed by atoms with Gasteiger partial charge in [-0.15, -0.1) is 0 Å². The molecule has 6 rings (SSSR count). The van der Waals surface area contributed by atoms with E-state index < -0.39 is 18.4 Å². The van der Waals surface area contributed by atoms with Crippen LogP contribution >= 0.6 is 0 Å². The van der Waals surface area contributed by atoms with E-state index in [2.05, 4.69) is 9.97 Å². The third kappa shape index (κ3) is 4.25. The van der Waals surface area contributed by atoms with Gasteiger partial charge in [0.25, 0.3) is 12.3 Å². The van der Waals surface area contributed by atoms with Crippen LogP contribution in [0.3, 0.4) is 0 Å². The number of aromatic nitrogens is 6. The minimum Gasteiger partial charge on any atom is -0.384 e. The fourth-order valence-corrected chi connectivity index (χ4v) is 5.26. The lowest BCUT2D eigenvalue weighted by Gasteiger charge is -2.33. The third-order valence-electron chi connectivity index (χ3n) is 7.21. The zero-order valence-electron chi connectivity index (χ0n) is 20.9. The van der Waals surface area contributed by atoms with E-state index in [0.717, 1.165) is 0 Å². The molecule has 1 N–H and O–H groups in total. The zero-order valence-corrected chi connectivity index (χ0v) is 20.9. The molecule has 1 amide bonds. The highest BCUT2D eigenvalue weighted by molar-refractivity contribution is 5.86. The number of hydrogen-bond acceptors (Lipinski definition) is 8. The van der Waals surface area contributed by atoms with Gasteiger partial charge in [-0.3, -0.25) is 9.36 Å². The minimum absolute atomic E-state index is 0.00700. The van der Waals surface area contributed by atoms with Crippen molar-refractivity contribution in [2.45, 2.75) is 38.3 Å². The fraction of sp³-hybridized carbons (Fsp3) is 0.480. The number of fused-ring (bicyclic) bond motifs is 2. The Bertz CT molecular complexity index is 1470. The summed E-state index contributed by atoms with van der Waals surface area (Å²) in [5.41, 5.74) is 1.89. The van der Waals surface area contributed by atoms with Gasteiger partial charge in [0, 0.05) is 32.2 Å². The van der Waals surface area contributed by atoms with Crippen molar-refractivity contribution in [3.05, 3.63) is 36.4 Å². The second-order valence-electron chi connectivity index (χ2n) is 9.60. The zero-order chi connectivity index (χ0) is 26.4. The number of imidazole rings is 2. The first-order valence-corrected chi connectivity index (χ1v) is 12.7. The van der Waals surface area contributed by atoms with Crippen molar-refractivity contribution in [1.82, 2.24) is 34.0 Å².